The molecule has 2 aromatic carbocycles. The first kappa shape index (κ1) is 16.7. The second-order valence-corrected chi connectivity index (χ2v) is 5.97. The lowest BCUT2D eigenvalue weighted by Crippen LogP contribution is -2.11. The number of phenols is 1. The van der Waals surface area contributed by atoms with Crippen LogP contribution in [-0.2, 0) is 6.54 Å². The van der Waals surface area contributed by atoms with E-state index in [1.54, 1.807) is 12.1 Å². The summed E-state index contributed by atoms with van der Waals surface area (Å²) in [5.74, 6) is 0.134. The van der Waals surface area contributed by atoms with Crippen molar-refractivity contribution < 1.29 is 19.6 Å². The van der Waals surface area contributed by atoms with E-state index in [9.17, 15) is 20.0 Å². The average Bonchev–Trinajstić information content (AvgIpc) is 2.87. The van der Waals surface area contributed by atoms with Crippen LogP contribution in [0.3, 0.4) is 0 Å². The van der Waals surface area contributed by atoms with Crippen molar-refractivity contribution in [1.29, 1.82) is 0 Å². The number of carbonyl (C=O) groups excluding carboxylic acids is 1. The van der Waals surface area contributed by atoms with Gasteiger partial charge in [-0.2, -0.15) is 0 Å². The smallest absolute Gasteiger partial charge is 0.270 e. The summed E-state index contributed by atoms with van der Waals surface area (Å²) in [6.07, 6.45) is 1.46. The maximum absolute atomic E-state index is 12.5. The monoisotopic (exact) mass is 340 g/mol. The van der Waals surface area contributed by atoms with Crippen LogP contribution in [0.15, 0.2) is 42.2 Å². The van der Waals surface area contributed by atoms with Crippen LogP contribution in [0.4, 0.5) is 5.69 Å². The molecule has 0 unspecified atom stereocenters. The number of nitro benzene ring substituents is 1. The molecular weight excluding hydrogens is 324 g/mol. The number of fused-ring (bicyclic) bond motifs is 1. The number of Topliss-reactive ketones (excluding diaryl/α,β-unsaturated/α-hetero) is 1. The highest BCUT2D eigenvalue weighted by Crippen LogP contribution is 2.40. The van der Waals surface area contributed by atoms with Crippen molar-refractivity contribution in [2.75, 3.05) is 14.1 Å². The van der Waals surface area contributed by atoms with Crippen molar-refractivity contribution in [2.24, 2.45) is 0 Å². The molecule has 1 heterocycles. The van der Waals surface area contributed by atoms with E-state index in [0.717, 1.165) is 0 Å². The van der Waals surface area contributed by atoms with Gasteiger partial charge < -0.3 is 14.7 Å². The largest absolute Gasteiger partial charge is 0.507 e. The molecule has 0 atom stereocenters. The molecule has 7 heteroatoms. The summed E-state index contributed by atoms with van der Waals surface area (Å²) in [4.78, 5) is 24.8. The molecule has 0 saturated carbocycles. The zero-order valence-corrected chi connectivity index (χ0v) is 13.7. The van der Waals surface area contributed by atoms with Crippen LogP contribution in [-0.4, -0.2) is 34.8 Å². The van der Waals surface area contributed by atoms with Crippen LogP contribution in [0, 0.1) is 10.1 Å². The summed E-state index contributed by atoms with van der Waals surface area (Å²) in [5, 5.41) is 20.9. The number of allylic oxidation sites excluding steroid dienone is 1. The van der Waals surface area contributed by atoms with Crippen LogP contribution in [0.5, 0.6) is 11.5 Å². The van der Waals surface area contributed by atoms with Gasteiger partial charge >= 0.3 is 0 Å². The molecule has 0 aromatic heterocycles. The normalized spacial score (nSPS) is 14.7. The van der Waals surface area contributed by atoms with Gasteiger partial charge in [-0.25, -0.2) is 0 Å². The Morgan fingerprint density at radius 2 is 2.04 bits per heavy atom. The second kappa shape index (κ2) is 6.37. The number of rotatable bonds is 4. The average molecular weight is 340 g/mol. The molecule has 1 aliphatic rings. The molecule has 0 saturated heterocycles. The van der Waals surface area contributed by atoms with Crippen molar-refractivity contribution in [2.45, 2.75) is 6.54 Å². The summed E-state index contributed by atoms with van der Waals surface area (Å²) in [5.41, 5.74) is 1.32. The highest BCUT2D eigenvalue weighted by Gasteiger charge is 2.31. The Morgan fingerprint density at radius 1 is 1.28 bits per heavy atom. The van der Waals surface area contributed by atoms with Gasteiger partial charge in [-0.15, -0.1) is 0 Å². The summed E-state index contributed by atoms with van der Waals surface area (Å²) in [6.45, 7) is 0.409. The maximum atomic E-state index is 12.5. The number of carbonyl (C=O) groups is 1. The number of hydrogen-bond acceptors (Lipinski definition) is 6. The SMILES string of the molecule is CN(C)Cc1c(O)ccc2c1OC(=Cc1cccc([N+](=O)[O-])c1)C2=O. The summed E-state index contributed by atoms with van der Waals surface area (Å²) in [6, 6.07) is 8.92. The van der Waals surface area contributed by atoms with Crippen LogP contribution < -0.4 is 4.74 Å². The van der Waals surface area contributed by atoms with E-state index in [1.807, 2.05) is 19.0 Å². The van der Waals surface area contributed by atoms with E-state index < -0.39 is 4.92 Å². The number of ketones is 1. The lowest BCUT2D eigenvalue weighted by Gasteiger charge is -2.13. The zero-order valence-electron chi connectivity index (χ0n) is 13.7. The van der Waals surface area contributed by atoms with E-state index >= 15 is 0 Å². The molecule has 0 bridgehead atoms. The van der Waals surface area contributed by atoms with E-state index in [-0.39, 0.29) is 23.0 Å². The fourth-order valence-corrected chi connectivity index (χ4v) is 2.65. The minimum Gasteiger partial charge on any atom is -0.507 e. The van der Waals surface area contributed by atoms with Crippen molar-refractivity contribution in [3.05, 3.63) is 69.0 Å². The lowest BCUT2D eigenvalue weighted by molar-refractivity contribution is -0.384. The predicted octanol–water partition coefficient (Wildman–Crippen LogP) is 2.98. The number of phenolic OH excluding ortho intramolecular Hbond substituents is 1. The first-order chi connectivity index (χ1) is 11.9. The molecule has 0 fully saturated rings. The molecule has 2 aromatic rings. The first-order valence-electron chi connectivity index (χ1n) is 7.55. The van der Waals surface area contributed by atoms with Crippen molar-refractivity contribution in [3.8, 4) is 11.5 Å². The number of nitrogens with zero attached hydrogens (tertiary/aromatic N) is 2. The summed E-state index contributed by atoms with van der Waals surface area (Å²) >= 11 is 0. The molecule has 7 nitrogen and oxygen atoms in total. The van der Waals surface area contributed by atoms with Gasteiger partial charge in [0.1, 0.15) is 11.5 Å². The van der Waals surface area contributed by atoms with Gasteiger partial charge in [0.2, 0.25) is 5.78 Å². The first-order valence-corrected chi connectivity index (χ1v) is 7.55. The standard InChI is InChI=1S/C18H16N2O5/c1-19(2)10-14-15(21)7-6-13-17(22)16(25-18(13)14)9-11-4-3-5-12(8-11)20(23)24/h3-9,21H,10H2,1-2H3. The third-order valence-electron chi connectivity index (χ3n) is 3.77. The Labute approximate surface area is 143 Å². The third kappa shape index (κ3) is 3.22. The molecule has 25 heavy (non-hydrogen) atoms. The van der Waals surface area contributed by atoms with Gasteiger partial charge in [-0.3, -0.25) is 14.9 Å². The minimum absolute atomic E-state index is 0.0526. The van der Waals surface area contributed by atoms with E-state index in [2.05, 4.69) is 0 Å². The summed E-state index contributed by atoms with van der Waals surface area (Å²) < 4.78 is 5.69. The van der Waals surface area contributed by atoms with Gasteiger partial charge in [0, 0.05) is 18.7 Å². The van der Waals surface area contributed by atoms with Gasteiger partial charge in [-0.05, 0) is 37.9 Å². The molecule has 1 aliphatic heterocycles. The van der Waals surface area contributed by atoms with Crippen LogP contribution in [0.25, 0.3) is 6.08 Å². The number of nitro groups is 1. The highest BCUT2D eigenvalue weighted by atomic mass is 16.6. The van der Waals surface area contributed by atoms with Crippen molar-refractivity contribution >= 4 is 17.5 Å². The predicted molar refractivity (Wildman–Crippen MR) is 91.5 cm³/mol. The number of ether oxygens (including phenoxy) is 1. The zero-order chi connectivity index (χ0) is 18.1. The Morgan fingerprint density at radius 3 is 2.72 bits per heavy atom. The molecule has 1 N–H and O–H groups in total. The Bertz CT molecular complexity index is 902. The molecule has 0 radical (unpaired) electrons. The topological polar surface area (TPSA) is 92.9 Å². The van der Waals surface area contributed by atoms with Crippen LogP contribution in [0.2, 0.25) is 0 Å². The molecule has 128 valence electrons. The number of aromatic hydroxyl groups is 1. The number of benzene rings is 2. The molecule has 0 spiro atoms. The van der Waals surface area contributed by atoms with E-state index in [1.165, 1.54) is 30.3 Å². The Hall–Kier alpha value is -3.19. The van der Waals surface area contributed by atoms with Gasteiger partial charge in [0.25, 0.3) is 5.69 Å². The third-order valence-corrected chi connectivity index (χ3v) is 3.77. The van der Waals surface area contributed by atoms with Crippen molar-refractivity contribution in [1.82, 2.24) is 4.90 Å². The van der Waals surface area contributed by atoms with Gasteiger partial charge in [0.05, 0.1) is 16.1 Å². The number of hydrogen-bond donors (Lipinski definition) is 1. The maximum Gasteiger partial charge on any atom is 0.270 e. The van der Waals surface area contributed by atoms with E-state index in [0.29, 0.717) is 29.0 Å². The Balaban J connectivity index is 2.00. The van der Waals surface area contributed by atoms with Crippen molar-refractivity contribution in [3.63, 3.8) is 0 Å². The second-order valence-electron chi connectivity index (χ2n) is 5.97. The fourth-order valence-electron chi connectivity index (χ4n) is 2.65. The highest BCUT2D eigenvalue weighted by molar-refractivity contribution is 6.15. The molecule has 0 amide bonds. The van der Waals surface area contributed by atoms with E-state index in [4.69, 9.17) is 4.74 Å². The van der Waals surface area contributed by atoms with Gasteiger partial charge in [0.15, 0.2) is 5.76 Å². The molecule has 0 aliphatic carbocycles. The Kier molecular flexibility index (Phi) is 4.24. The van der Waals surface area contributed by atoms with Crippen LogP contribution >= 0.6 is 0 Å². The molecular formula is C18H16N2O5. The van der Waals surface area contributed by atoms with Crippen LogP contribution in [0.1, 0.15) is 21.5 Å². The quantitative estimate of drug-likeness (QED) is 0.522. The van der Waals surface area contributed by atoms with Gasteiger partial charge in [-0.1, -0.05) is 12.1 Å². The fraction of sp³-hybridized carbons (Fsp3) is 0.167. The lowest BCUT2D eigenvalue weighted by atomic mass is 10.0. The minimum atomic E-state index is -0.499. The number of non-ortho nitro benzene ring substituents is 1. The summed E-state index contributed by atoms with van der Waals surface area (Å²) in [7, 11) is 3.69. The molecule has 3 rings (SSSR count).